The van der Waals surface area contributed by atoms with Gasteiger partial charge in [0.05, 0.1) is 0 Å². The van der Waals surface area contributed by atoms with Gasteiger partial charge in [0.1, 0.15) is 6.61 Å². The van der Waals surface area contributed by atoms with Crippen LogP contribution in [0.25, 0.3) is 0 Å². The van der Waals surface area contributed by atoms with Crippen molar-refractivity contribution in [2.45, 2.75) is 18.5 Å². The van der Waals surface area contributed by atoms with Crippen LogP contribution in [0.3, 0.4) is 0 Å². The van der Waals surface area contributed by atoms with E-state index in [1.165, 1.54) is 4.90 Å². The summed E-state index contributed by atoms with van der Waals surface area (Å²) in [6.07, 6.45) is -8.71. The first-order chi connectivity index (χ1) is 11.4. The molecule has 0 bridgehead atoms. The number of alkyl halides is 7. The molecule has 0 aromatic carbocycles. The fourth-order valence-corrected chi connectivity index (χ4v) is 2.75. The van der Waals surface area contributed by atoms with Gasteiger partial charge in [-0.2, -0.15) is 31.6 Å². The van der Waals surface area contributed by atoms with Crippen LogP contribution < -0.4 is 0 Å². The first-order valence-electron chi connectivity index (χ1n) is 6.63. The zero-order valence-electron chi connectivity index (χ0n) is 12.4. The van der Waals surface area contributed by atoms with E-state index in [0.717, 1.165) is 5.06 Å². The molecule has 1 saturated heterocycles. The second-order valence-electron chi connectivity index (χ2n) is 4.82. The third-order valence-electron chi connectivity index (χ3n) is 2.76. The van der Waals surface area contributed by atoms with E-state index in [9.17, 15) is 40.1 Å². The van der Waals surface area contributed by atoms with Gasteiger partial charge in [0.2, 0.25) is 6.41 Å². The van der Waals surface area contributed by atoms with Crippen LogP contribution in [-0.4, -0.2) is 74.3 Å². The van der Waals surface area contributed by atoms with Crippen LogP contribution in [0.5, 0.6) is 0 Å². The number of phosphoric ester groups is 1. The Morgan fingerprint density at radius 2 is 1.52 bits per heavy atom. The van der Waals surface area contributed by atoms with Gasteiger partial charge in [0.15, 0.2) is 6.61 Å². The average molecular weight is 406 g/mol. The SMILES string of the molecule is O=CN1CCN(OP(=O)(OCC(F)(F)F)OCC(F)(F)C(F)F)CC1. The van der Waals surface area contributed by atoms with Crippen molar-refractivity contribution in [3.63, 3.8) is 0 Å². The number of halogens is 7. The lowest BCUT2D eigenvalue weighted by Crippen LogP contribution is -2.45. The average Bonchev–Trinajstić information content (AvgIpc) is 2.51. The minimum Gasteiger partial charge on any atom is -0.343 e. The number of amides is 1. The Balaban J connectivity index is 2.74. The smallest absolute Gasteiger partial charge is 0.343 e. The predicted molar refractivity (Wildman–Crippen MR) is 66.8 cm³/mol. The van der Waals surface area contributed by atoms with Crippen LogP contribution in [0.2, 0.25) is 0 Å². The molecule has 25 heavy (non-hydrogen) atoms. The number of piperazine rings is 1. The maximum atomic E-state index is 12.8. The summed E-state index contributed by atoms with van der Waals surface area (Å²) in [5, 5.41) is 0.775. The second-order valence-corrected chi connectivity index (χ2v) is 6.40. The molecular formula is C10H14F7N2O5P. The van der Waals surface area contributed by atoms with Crippen molar-refractivity contribution in [2.24, 2.45) is 0 Å². The highest BCUT2D eigenvalue weighted by Gasteiger charge is 2.46. The normalized spacial score (nSPS) is 19.9. The van der Waals surface area contributed by atoms with Crippen molar-refractivity contribution >= 4 is 14.2 Å². The van der Waals surface area contributed by atoms with Gasteiger partial charge in [-0.25, -0.2) is 13.3 Å². The van der Waals surface area contributed by atoms with Gasteiger partial charge in [-0.15, -0.1) is 0 Å². The molecule has 0 aromatic rings. The van der Waals surface area contributed by atoms with E-state index >= 15 is 0 Å². The van der Waals surface area contributed by atoms with Crippen molar-refractivity contribution in [1.82, 2.24) is 9.96 Å². The van der Waals surface area contributed by atoms with Crippen LogP contribution in [0, 0.1) is 0 Å². The van der Waals surface area contributed by atoms with Crippen LogP contribution >= 0.6 is 7.82 Å². The van der Waals surface area contributed by atoms with E-state index in [-0.39, 0.29) is 26.2 Å². The molecule has 0 aromatic heterocycles. The molecule has 1 fully saturated rings. The zero-order chi connectivity index (χ0) is 19.3. The molecule has 0 spiro atoms. The first-order valence-corrected chi connectivity index (χ1v) is 8.09. The third kappa shape index (κ3) is 7.86. The topological polar surface area (TPSA) is 68.3 Å². The Hall–Kier alpha value is -0.950. The molecule has 1 aliphatic rings. The number of rotatable bonds is 9. The minimum absolute atomic E-state index is 0.0377. The number of phosphoric acid groups is 1. The van der Waals surface area contributed by atoms with Gasteiger partial charge >= 0.3 is 26.3 Å². The first kappa shape index (κ1) is 22.1. The lowest BCUT2D eigenvalue weighted by Gasteiger charge is -2.33. The number of hydroxylamine groups is 2. The molecule has 1 rings (SSSR count). The van der Waals surface area contributed by atoms with Crippen molar-refractivity contribution in [3.8, 4) is 0 Å². The minimum atomic E-state index is -5.26. The quantitative estimate of drug-likeness (QED) is 0.333. The highest BCUT2D eigenvalue weighted by atomic mass is 31.2. The van der Waals surface area contributed by atoms with Gasteiger partial charge in [-0.3, -0.25) is 13.8 Å². The van der Waals surface area contributed by atoms with Gasteiger partial charge in [0, 0.05) is 26.2 Å². The summed E-state index contributed by atoms with van der Waals surface area (Å²) in [7, 11) is -5.26. The lowest BCUT2D eigenvalue weighted by atomic mass is 10.4. The summed E-state index contributed by atoms with van der Waals surface area (Å²) in [4.78, 5) is 11.8. The molecule has 0 N–H and O–H groups in total. The molecule has 1 unspecified atom stereocenters. The van der Waals surface area contributed by atoms with Crippen molar-refractivity contribution in [1.29, 1.82) is 0 Å². The largest absolute Gasteiger partial charge is 0.492 e. The summed E-state index contributed by atoms with van der Waals surface area (Å²) < 4.78 is 111. The van der Waals surface area contributed by atoms with Crippen LogP contribution in [0.1, 0.15) is 0 Å². The second kappa shape index (κ2) is 8.62. The summed E-state index contributed by atoms with van der Waals surface area (Å²) >= 11 is 0. The van der Waals surface area contributed by atoms with Crippen molar-refractivity contribution in [3.05, 3.63) is 0 Å². The van der Waals surface area contributed by atoms with E-state index in [1.54, 1.807) is 0 Å². The maximum absolute atomic E-state index is 12.8. The van der Waals surface area contributed by atoms with E-state index in [0.29, 0.717) is 6.41 Å². The molecular weight excluding hydrogens is 392 g/mol. The standard InChI is InChI=1S/C10H14F7N2O5P/c11-8(12)9(13,14)5-22-25(21,23-6-10(15,16)17)24-19-3-1-18(7-20)2-4-19/h7-8H,1-6H2. The zero-order valence-corrected chi connectivity index (χ0v) is 13.3. The van der Waals surface area contributed by atoms with Gasteiger partial charge in [-0.05, 0) is 0 Å². The number of hydrogen-bond donors (Lipinski definition) is 0. The Kier molecular flexibility index (Phi) is 7.62. The molecule has 0 radical (unpaired) electrons. The summed E-state index contributed by atoms with van der Waals surface area (Å²) in [5.74, 6) is -4.77. The number of nitrogens with zero attached hydrogens (tertiary/aromatic N) is 2. The molecule has 1 aliphatic heterocycles. The summed E-state index contributed by atoms with van der Waals surface area (Å²) in [5.41, 5.74) is 0. The third-order valence-corrected chi connectivity index (χ3v) is 4.08. The monoisotopic (exact) mass is 406 g/mol. The van der Waals surface area contributed by atoms with Gasteiger partial charge in [-0.1, -0.05) is 0 Å². The number of hydrogen-bond acceptors (Lipinski definition) is 6. The molecule has 15 heteroatoms. The van der Waals surface area contributed by atoms with Gasteiger partial charge < -0.3 is 4.90 Å². The fraction of sp³-hybridized carbons (Fsp3) is 0.900. The maximum Gasteiger partial charge on any atom is 0.492 e. The molecule has 0 aliphatic carbocycles. The molecule has 148 valence electrons. The Morgan fingerprint density at radius 1 is 1.00 bits per heavy atom. The van der Waals surface area contributed by atoms with E-state index in [1.807, 2.05) is 0 Å². The van der Waals surface area contributed by atoms with Gasteiger partial charge in [0.25, 0.3) is 0 Å². The Bertz CT molecular complexity index is 485. The molecule has 1 amide bonds. The Labute approximate surface area is 137 Å². The summed E-state index contributed by atoms with van der Waals surface area (Å²) in [6, 6.07) is 0. The number of carbonyl (C=O) groups excluding carboxylic acids is 1. The molecule has 7 nitrogen and oxygen atoms in total. The molecule has 1 atom stereocenters. The van der Waals surface area contributed by atoms with Crippen LogP contribution in [0.15, 0.2) is 0 Å². The predicted octanol–water partition coefficient (Wildman–Crippen LogP) is 2.30. The Morgan fingerprint density at radius 3 is 1.96 bits per heavy atom. The number of carbonyl (C=O) groups is 1. The van der Waals surface area contributed by atoms with Crippen molar-refractivity contribution < 1.29 is 53.8 Å². The van der Waals surface area contributed by atoms with Crippen molar-refractivity contribution in [2.75, 3.05) is 39.4 Å². The fourth-order valence-electron chi connectivity index (χ4n) is 1.50. The highest BCUT2D eigenvalue weighted by Crippen LogP contribution is 2.52. The molecule has 0 saturated carbocycles. The summed E-state index contributed by atoms with van der Waals surface area (Å²) in [6.45, 7) is -4.56. The van der Waals surface area contributed by atoms with E-state index < -0.39 is 39.6 Å². The molecule has 1 heterocycles. The van der Waals surface area contributed by atoms with E-state index in [4.69, 9.17) is 0 Å². The van der Waals surface area contributed by atoms with Crippen LogP contribution in [-0.2, 0) is 23.0 Å². The highest BCUT2D eigenvalue weighted by molar-refractivity contribution is 7.48. The lowest BCUT2D eigenvalue weighted by molar-refractivity contribution is -0.181. The van der Waals surface area contributed by atoms with E-state index in [2.05, 4.69) is 13.7 Å². The van der Waals surface area contributed by atoms with Crippen LogP contribution in [0.4, 0.5) is 30.7 Å².